The van der Waals surface area contributed by atoms with Gasteiger partial charge in [0.05, 0.1) is 14.2 Å². The molecule has 1 heterocycles. The van der Waals surface area contributed by atoms with Crippen molar-refractivity contribution in [2.24, 2.45) is 0 Å². The summed E-state index contributed by atoms with van der Waals surface area (Å²) < 4.78 is 24.3. The number of aromatic nitrogens is 1. The van der Waals surface area contributed by atoms with Gasteiger partial charge in [-0.3, -0.25) is 4.79 Å². The first kappa shape index (κ1) is 20.5. The SMILES string of the molecule is COc1cccc([C@@H](CC(=O)Nc2ccc(F)cc2)c2c[nH]c3ccccc23)c1OC. The fourth-order valence-electron chi connectivity index (χ4n) is 3.89. The molecule has 3 aromatic carbocycles. The molecule has 1 atom stereocenters. The second kappa shape index (κ2) is 8.92. The minimum absolute atomic E-state index is 0.169. The summed E-state index contributed by atoms with van der Waals surface area (Å²) in [6.07, 6.45) is 2.10. The fourth-order valence-corrected chi connectivity index (χ4v) is 3.89. The summed E-state index contributed by atoms with van der Waals surface area (Å²) in [6.45, 7) is 0. The van der Waals surface area contributed by atoms with Crippen molar-refractivity contribution in [1.29, 1.82) is 0 Å². The Kier molecular flexibility index (Phi) is 5.89. The third-order valence-corrected chi connectivity index (χ3v) is 5.32. The number of methoxy groups -OCH3 is 2. The van der Waals surface area contributed by atoms with Gasteiger partial charge >= 0.3 is 0 Å². The molecular formula is C25H23FN2O3. The Balaban J connectivity index is 1.75. The number of aromatic amines is 1. The number of halogens is 1. The summed E-state index contributed by atoms with van der Waals surface area (Å²) in [7, 11) is 3.18. The van der Waals surface area contributed by atoms with Crippen molar-refractivity contribution in [3.63, 3.8) is 0 Å². The lowest BCUT2D eigenvalue weighted by Crippen LogP contribution is -2.17. The summed E-state index contributed by atoms with van der Waals surface area (Å²) in [5, 5.41) is 3.89. The second-order valence-corrected chi connectivity index (χ2v) is 7.18. The van der Waals surface area contributed by atoms with Crippen molar-refractivity contribution in [2.45, 2.75) is 12.3 Å². The van der Waals surface area contributed by atoms with E-state index >= 15 is 0 Å². The van der Waals surface area contributed by atoms with Crippen molar-refractivity contribution in [3.8, 4) is 11.5 Å². The third kappa shape index (κ3) is 4.23. The largest absolute Gasteiger partial charge is 0.493 e. The highest BCUT2D eigenvalue weighted by molar-refractivity contribution is 5.93. The van der Waals surface area contributed by atoms with E-state index in [4.69, 9.17) is 9.47 Å². The van der Waals surface area contributed by atoms with Gasteiger partial charge < -0.3 is 19.8 Å². The molecule has 5 nitrogen and oxygen atoms in total. The molecule has 0 radical (unpaired) electrons. The van der Waals surface area contributed by atoms with Crippen LogP contribution >= 0.6 is 0 Å². The lowest BCUT2D eigenvalue weighted by atomic mass is 9.87. The molecule has 0 bridgehead atoms. The number of benzene rings is 3. The first-order valence-electron chi connectivity index (χ1n) is 9.93. The van der Waals surface area contributed by atoms with E-state index in [-0.39, 0.29) is 24.1 Å². The van der Waals surface area contributed by atoms with Crippen molar-refractivity contribution in [1.82, 2.24) is 4.98 Å². The molecule has 31 heavy (non-hydrogen) atoms. The molecule has 0 saturated heterocycles. The quantitative estimate of drug-likeness (QED) is 0.417. The molecule has 6 heteroatoms. The Morgan fingerprint density at radius 2 is 1.74 bits per heavy atom. The number of anilines is 1. The van der Waals surface area contributed by atoms with Crippen molar-refractivity contribution in [2.75, 3.05) is 19.5 Å². The summed E-state index contributed by atoms with van der Waals surface area (Å²) in [6, 6.07) is 19.3. The lowest BCUT2D eigenvalue weighted by Gasteiger charge is -2.21. The molecule has 4 aromatic rings. The van der Waals surface area contributed by atoms with E-state index in [0.29, 0.717) is 17.2 Å². The molecule has 0 aliphatic carbocycles. The number of carbonyl (C=O) groups excluding carboxylic acids is 1. The molecule has 0 saturated carbocycles. The maximum Gasteiger partial charge on any atom is 0.225 e. The molecular weight excluding hydrogens is 395 g/mol. The molecule has 4 rings (SSSR count). The van der Waals surface area contributed by atoms with Crippen molar-refractivity contribution < 1.29 is 18.7 Å². The van der Waals surface area contributed by atoms with E-state index in [0.717, 1.165) is 22.0 Å². The van der Waals surface area contributed by atoms with Crippen LogP contribution in [0.5, 0.6) is 11.5 Å². The number of nitrogens with one attached hydrogen (secondary N) is 2. The minimum Gasteiger partial charge on any atom is -0.493 e. The van der Waals surface area contributed by atoms with Gasteiger partial charge in [-0.25, -0.2) is 4.39 Å². The van der Waals surface area contributed by atoms with Gasteiger partial charge in [-0.05, 0) is 42.0 Å². The monoisotopic (exact) mass is 418 g/mol. The molecule has 2 N–H and O–H groups in total. The number of hydrogen-bond donors (Lipinski definition) is 2. The summed E-state index contributed by atoms with van der Waals surface area (Å²) in [4.78, 5) is 16.3. The Bertz CT molecular complexity index is 1200. The van der Waals surface area contributed by atoms with E-state index in [2.05, 4.69) is 10.3 Å². The van der Waals surface area contributed by atoms with Crippen LogP contribution in [0.25, 0.3) is 10.9 Å². The van der Waals surface area contributed by atoms with Crippen LogP contribution in [0.2, 0.25) is 0 Å². The highest BCUT2D eigenvalue weighted by Crippen LogP contribution is 2.42. The van der Waals surface area contributed by atoms with Gasteiger partial charge in [-0.15, -0.1) is 0 Å². The zero-order valence-corrected chi connectivity index (χ0v) is 17.3. The predicted molar refractivity (Wildman–Crippen MR) is 119 cm³/mol. The first-order valence-corrected chi connectivity index (χ1v) is 9.93. The van der Waals surface area contributed by atoms with Gasteiger partial charge in [0.2, 0.25) is 5.91 Å². The van der Waals surface area contributed by atoms with Gasteiger partial charge in [0, 0.05) is 40.7 Å². The highest BCUT2D eigenvalue weighted by Gasteiger charge is 2.26. The van der Waals surface area contributed by atoms with Crippen LogP contribution in [0.3, 0.4) is 0 Å². The Morgan fingerprint density at radius 3 is 2.48 bits per heavy atom. The molecule has 1 amide bonds. The van der Waals surface area contributed by atoms with Crippen LogP contribution in [-0.4, -0.2) is 25.1 Å². The lowest BCUT2D eigenvalue weighted by molar-refractivity contribution is -0.116. The van der Waals surface area contributed by atoms with Crippen LogP contribution < -0.4 is 14.8 Å². The standard InChI is InChI=1S/C25H23FN2O3/c1-30-23-9-5-7-19(25(23)31-2)20(21-15-27-22-8-4-3-6-18(21)22)14-24(29)28-17-12-10-16(26)11-13-17/h3-13,15,20,27H,14H2,1-2H3,(H,28,29)/t20-/m1/s1. The van der Waals surface area contributed by atoms with Crippen LogP contribution in [-0.2, 0) is 4.79 Å². The van der Waals surface area contributed by atoms with Crippen LogP contribution in [0.1, 0.15) is 23.5 Å². The maximum atomic E-state index is 13.2. The summed E-state index contributed by atoms with van der Waals surface area (Å²) in [5.41, 5.74) is 3.36. The third-order valence-electron chi connectivity index (χ3n) is 5.32. The zero-order valence-electron chi connectivity index (χ0n) is 17.3. The Labute approximate surface area is 179 Å². The average Bonchev–Trinajstić information content (AvgIpc) is 3.22. The minimum atomic E-state index is -0.351. The molecule has 0 fully saturated rings. The average molecular weight is 418 g/mol. The molecule has 0 aliphatic heterocycles. The number of carbonyl (C=O) groups is 1. The van der Waals surface area contributed by atoms with Crippen LogP contribution in [0, 0.1) is 5.82 Å². The second-order valence-electron chi connectivity index (χ2n) is 7.18. The number of para-hydroxylation sites is 2. The van der Waals surface area contributed by atoms with Gasteiger partial charge in [0.1, 0.15) is 5.82 Å². The fraction of sp³-hybridized carbons (Fsp3) is 0.160. The van der Waals surface area contributed by atoms with Crippen LogP contribution in [0.4, 0.5) is 10.1 Å². The van der Waals surface area contributed by atoms with Gasteiger partial charge in [-0.2, -0.15) is 0 Å². The van der Waals surface area contributed by atoms with E-state index in [1.165, 1.54) is 12.1 Å². The molecule has 0 unspecified atom stereocenters. The molecule has 1 aromatic heterocycles. The predicted octanol–water partition coefficient (Wildman–Crippen LogP) is 5.48. The van der Waals surface area contributed by atoms with E-state index in [1.807, 2.05) is 48.7 Å². The summed E-state index contributed by atoms with van der Waals surface area (Å²) >= 11 is 0. The Hall–Kier alpha value is -3.80. The number of H-pyrrole nitrogens is 1. The first-order chi connectivity index (χ1) is 15.1. The maximum absolute atomic E-state index is 13.2. The van der Waals surface area contributed by atoms with E-state index in [9.17, 15) is 9.18 Å². The molecule has 158 valence electrons. The van der Waals surface area contributed by atoms with E-state index in [1.54, 1.807) is 26.4 Å². The number of rotatable bonds is 7. The van der Waals surface area contributed by atoms with Crippen LogP contribution in [0.15, 0.2) is 72.9 Å². The summed E-state index contributed by atoms with van der Waals surface area (Å²) in [5.74, 6) is 0.364. The number of ether oxygens (including phenoxy) is 2. The van der Waals surface area contributed by atoms with Gasteiger partial charge in [0.15, 0.2) is 11.5 Å². The topological polar surface area (TPSA) is 63.3 Å². The van der Waals surface area contributed by atoms with E-state index < -0.39 is 0 Å². The van der Waals surface area contributed by atoms with Gasteiger partial charge in [-0.1, -0.05) is 30.3 Å². The van der Waals surface area contributed by atoms with Crippen molar-refractivity contribution in [3.05, 3.63) is 89.9 Å². The Morgan fingerprint density at radius 1 is 0.968 bits per heavy atom. The smallest absolute Gasteiger partial charge is 0.225 e. The zero-order chi connectivity index (χ0) is 21.8. The highest BCUT2D eigenvalue weighted by atomic mass is 19.1. The van der Waals surface area contributed by atoms with Crippen molar-refractivity contribution >= 4 is 22.5 Å². The number of fused-ring (bicyclic) bond motifs is 1. The van der Waals surface area contributed by atoms with Gasteiger partial charge in [0.25, 0.3) is 0 Å². The molecule has 0 aliphatic rings. The number of amides is 1. The normalized spacial score (nSPS) is 11.8. The molecule has 0 spiro atoms. The number of hydrogen-bond acceptors (Lipinski definition) is 3.